The number of aromatic nitrogens is 3. The maximum atomic E-state index is 12.4. The fourth-order valence-corrected chi connectivity index (χ4v) is 3.17. The molecule has 1 saturated heterocycles. The maximum Gasteiger partial charge on any atom is 0.409 e. The summed E-state index contributed by atoms with van der Waals surface area (Å²) in [5, 5.41) is 3.73. The molecule has 130 valence electrons. The van der Waals surface area contributed by atoms with Gasteiger partial charge in [-0.05, 0) is 6.92 Å². The van der Waals surface area contributed by atoms with Crippen molar-refractivity contribution < 1.29 is 27.2 Å². The highest BCUT2D eigenvalue weighted by Gasteiger charge is 2.30. The van der Waals surface area contributed by atoms with E-state index in [0.29, 0.717) is 36.8 Å². The van der Waals surface area contributed by atoms with Crippen LogP contribution in [-0.2, 0) is 17.6 Å². The third-order valence-corrected chi connectivity index (χ3v) is 4.28. The Hall–Kier alpha value is -2.17. The fraction of sp³-hybridized carbons (Fsp3) is 0.538. The molecule has 0 spiro atoms. The molecule has 0 N–H and O–H groups in total. The lowest BCUT2D eigenvalue weighted by molar-refractivity contribution is -0.127. The number of alkyl halides is 3. The first-order valence-corrected chi connectivity index (χ1v) is 7.91. The summed E-state index contributed by atoms with van der Waals surface area (Å²) in [4.78, 5) is 21.5. The highest BCUT2D eigenvalue weighted by atomic mass is 32.1. The third-order valence-electron chi connectivity index (χ3n) is 3.31. The van der Waals surface area contributed by atoms with Crippen LogP contribution >= 0.6 is 11.3 Å². The summed E-state index contributed by atoms with van der Waals surface area (Å²) < 4.78 is 47.2. The van der Waals surface area contributed by atoms with Crippen LogP contribution in [0.1, 0.15) is 15.7 Å². The van der Waals surface area contributed by atoms with Crippen molar-refractivity contribution in [3.05, 3.63) is 15.7 Å². The topological polar surface area (TPSA) is 81.4 Å². The molecular weight excluding hydrogens is 349 g/mol. The van der Waals surface area contributed by atoms with Crippen molar-refractivity contribution >= 4 is 17.4 Å². The van der Waals surface area contributed by atoms with Crippen LogP contribution in [0.3, 0.4) is 0 Å². The third kappa shape index (κ3) is 3.83. The molecule has 0 saturated carbocycles. The SMILES string of the molecule is Cc1sc(CC(F)(F)F)nc1-c1nc(CCN2CCOC2=O)no1. The second-order valence-corrected chi connectivity index (χ2v) is 6.46. The Labute approximate surface area is 138 Å². The van der Waals surface area contributed by atoms with Crippen LogP contribution in [-0.4, -0.2) is 52.0 Å². The quantitative estimate of drug-likeness (QED) is 0.813. The molecule has 3 rings (SSSR count). The number of thiazole rings is 1. The Bertz CT molecular complexity index is 743. The number of carbonyl (C=O) groups is 1. The second kappa shape index (κ2) is 6.38. The molecule has 0 aliphatic carbocycles. The standard InChI is InChI=1S/C13H13F3N4O3S/c1-7-10(18-9(24-7)6-13(14,15)16)11-17-8(19-23-11)2-3-20-4-5-22-12(20)21/h2-6H2,1H3. The van der Waals surface area contributed by atoms with E-state index in [1.54, 1.807) is 6.92 Å². The Morgan fingerprint density at radius 1 is 1.33 bits per heavy atom. The molecule has 0 bridgehead atoms. The Kier molecular flexibility index (Phi) is 4.43. The summed E-state index contributed by atoms with van der Waals surface area (Å²) in [6.07, 6.45) is -5.43. The number of rotatable bonds is 5. The van der Waals surface area contributed by atoms with Gasteiger partial charge in [0.15, 0.2) is 5.82 Å². The van der Waals surface area contributed by atoms with Crippen molar-refractivity contribution in [3.8, 4) is 11.6 Å². The molecule has 7 nitrogen and oxygen atoms in total. The lowest BCUT2D eigenvalue weighted by atomic mass is 10.3. The lowest BCUT2D eigenvalue weighted by Gasteiger charge is -2.09. The van der Waals surface area contributed by atoms with Crippen LogP contribution in [0.15, 0.2) is 4.52 Å². The molecule has 3 heterocycles. The summed E-state index contributed by atoms with van der Waals surface area (Å²) in [6.45, 7) is 2.90. The molecule has 0 atom stereocenters. The summed E-state index contributed by atoms with van der Waals surface area (Å²) in [5.41, 5.74) is 0.263. The molecule has 0 aromatic carbocycles. The largest absolute Gasteiger partial charge is 0.448 e. The van der Waals surface area contributed by atoms with Crippen molar-refractivity contribution in [2.45, 2.75) is 25.9 Å². The van der Waals surface area contributed by atoms with Crippen LogP contribution in [0.25, 0.3) is 11.6 Å². The number of hydrogen-bond acceptors (Lipinski definition) is 7. The minimum Gasteiger partial charge on any atom is -0.448 e. The minimum absolute atomic E-state index is 0.0467. The normalized spacial score (nSPS) is 15.2. The first-order valence-electron chi connectivity index (χ1n) is 7.09. The molecule has 1 aliphatic heterocycles. The Balaban J connectivity index is 1.68. The van der Waals surface area contributed by atoms with E-state index in [2.05, 4.69) is 15.1 Å². The van der Waals surface area contributed by atoms with E-state index >= 15 is 0 Å². The van der Waals surface area contributed by atoms with Gasteiger partial charge in [0.25, 0.3) is 5.89 Å². The van der Waals surface area contributed by atoms with E-state index in [1.165, 1.54) is 4.90 Å². The van der Waals surface area contributed by atoms with E-state index < -0.39 is 12.6 Å². The molecule has 2 aromatic rings. The van der Waals surface area contributed by atoms with Gasteiger partial charge >= 0.3 is 12.3 Å². The van der Waals surface area contributed by atoms with Gasteiger partial charge in [-0.3, -0.25) is 0 Å². The number of nitrogens with zero attached hydrogens (tertiary/aromatic N) is 4. The van der Waals surface area contributed by atoms with Gasteiger partial charge in [0, 0.05) is 17.8 Å². The molecule has 24 heavy (non-hydrogen) atoms. The van der Waals surface area contributed by atoms with Gasteiger partial charge in [0.2, 0.25) is 0 Å². The first kappa shape index (κ1) is 16.7. The van der Waals surface area contributed by atoms with Gasteiger partial charge in [-0.25, -0.2) is 9.78 Å². The zero-order valence-electron chi connectivity index (χ0n) is 12.6. The number of hydrogen-bond donors (Lipinski definition) is 0. The summed E-state index contributed by atoms with van der Waals surface area (Å²) >= 11 is 0.951. The predicted octanol–water partition coefficient (Wildman–Crippen LogP) is 2.60. The zero-order valence-corrected chi connectivity index (χ0v) is 13.4. The minimum atomic E-state index is -4.31. The summed E-state index contributed by atoms with van der Waals surface area (Å²) in [6, 6.07) is 0. The van der Waals surface area contributed by atoms with Crippen LogP contribution in [0.4, 0.5) is 18.0 Å². The number of amides is 1. The van der Waals surface area contributed by atoms with Gasteiger partial charge in [-0.1, -0.05) is 5.16 Å². The average molecular weight is 362 g/mol. The van der Waals surface area contributed by atoms with Crippen molar-refractivity contribution in [2.75, 3.05) is 19.7 Å². The molecular formula is C13H13F3N4O3S. The van der Waals surface area contributed by atoms with E-state index in [4.69, 9.17) is 9.26 Å². The van der Waals surface area contributed by atoms with E-state index in [-0.39, 0.29) is 22.7 Å². The van der Waals surface area contributed by atoms with E-state index in [9.17, 15) is 18.0 Å². The maximum absolute atomic E-state index is 12.4. The van der Waals surface area contributed by atoms with Crippen LogP contribution in [0, 0.1) is 6.92 Å². The van der Waals surface area contributed by atoms with E-state index in [1.807, 2.05) is 0 Å². The number of ether oxygens (including phenoxy) is 1. The van der Waals surface area contributed by atoms with Crippen LogP contribution in [0.2, 0.25) is 0 Å². The molecule has 0 radical (unpaired) electrons. The van der Waals surface area contributed by atoms with Crippen LogP contribution in [0.5, 0.6) is 0 Å². The monoisotopic (exact) mass is 362 g/mol. The molecule has 1 fully saturated rings. The fourth-order valence-electron chi connectivity index (χ4n) is 2.21. The van der Waals surface area contributed by atoms with Crippen molar-refractivity contribution in [2.24, 2.45) is 0 Å². The number of cyclic esters (lactones) is 1. The van der Waals surface area contributed by atoms with Gasteiger partial charge in [-0.15, -0.1) is 11.3 Å². The highest BCUT2D eigenvalue weighted by Crippen LogP contribution is 2.30. The van der Waals surface area contributed by atoms with Gasteiger partial charge in [0.1, 0.15) is 17.3 Å². The summed E-state index contributed by atoms with van der Waals surface area (Å²) in [7, 11) is 0. The smallest absolute Gasteiger partial charge is 0.409 e. The number of halogens is 3. The highest BCUT2D eigenvalue weighted by molar-refractivity contribution is 7.12. The molecule has 0 unspecified atom stereocenters. The van der Waals surface area contributed by atoms with E-state index in [0.717, 1.165) is 11.3 Å². The van der Waals surface area contributed by atoms with Gasteiger partial charge < -0.3 is 14.2 Å². The van der Waals surface area contributed by atoms with Crippen molar-refractivity contribution in [3.63, 3.8) is 0 Å². The average Bonchev–Trinajstić information content (AvgIpc) is 3.16. The predicted molar refractivity (Wildman–Crippen MR) is 76.5 cm³/mol. The van der Waals surface area contributed by atoms with Crippen LogP contribution < -0.4 is 0 Å². The molecule has 2 aromatic heterocycles. The summed E-state index contributed by atoms with van der Waals surface area (Å²) in [5.74, 6) is 0.436. The molecule has 1 amide bonds. The number of carbonyl (C=O) groups excluding carboxylic acids is 1. The number of aryl methyl sites for hydroxylation is 1. The van der Waals surface area contributed by atoms with Gasteiger partial charge in [-0.2, -0.15) is 18.2 Å². The lowest BCUT2D eigenvalue weighted by Crippen LogP contribution is -2.26. The first-order chi connectivity index (χ1) is 11.3. The molecule has 11 heteroatoms. The zero-order chi connectivity index (χ0) is 17.3. The Morgan fingerprint density at radius 3 is 2.79 bits per heavy atom. The molecule has 1 aliphatic rings. The van der Waals surface area contributed by atoms with Gasteiger partial charge in [0.05, 0.1) is 13.0 Å². The van der Waals surface area contributed by atoms with Crippen molar-refractivity contribution in [1.29, 1.82) is 0 Å². The Morgan fingerprint density at radius 2 is 2.12 bits per heavy atom. The second-order valence-electron chi connectivity index (χ2n) is 5.17. The van der Waals surface area contributed by atoms with Crippen molar-refractivity contribution in [1.82, 2.24) is 20.0 Å².